The van der Waals surface area contributed by atoms with Gasteiger partial charge < -0.3 is 20.1 Å². The van der Waals surface area contributed by atoms with E-state index in [0.717, 1.165) is 25.7 Å². The minimum Gasteiger partial charge on any atom is -0.494 e. The fraction of sp³-hybridized carbons (Fsp3) is 0.625. The zero-order chi connectivity index (χ0) is 16.4. The number of piperidine rings is 1. The SMILES string of the molecule is COc1ccnc(CNC(=O)N2CCCC(O)(C3CC3)C2)c1F. The summed E-state index contributed by atoms with van der Waals surface area (Å²) in [5.41, 5.74) is -0.623. The van der Waals surface area contributed by atoms with Gasteiger partial charge in [0.05, 0.1) is 31.5 Å². The number of pyridine rings is 1. The minimum atomic E-state index is -0.755. The number of rotatable bonds is 4. The molecule has 2 aliphatic rings. The lowest BCUT2D eigenvalue weighted by Crippen LogP contribution is -2.54. The molecule has 23 heavy (non-hydrogen) atoms. The molecule has 2 fully saturated rings. The molecule has 2 amide bonds. The van der Waals surface area contributed by atoms with E-state index in [9.17, 15) is 14.3 Å². The predicted molar refractivity (Wildman–Crippen MR) is 81.5 cm³/mol. The number of β-amino-alcohol motifs (C(OH)–C–C–N with tert-alkyl or cyclic N) is 1. The van der Waals surface area contributed by atoms with Crippen molar-refractivity contribution in [3.63, 3.8) is 0 Å². The fourth-order valence-electron chi connectivity index (χ4n) is 3.21. The Kier molecular flexibility index (Phi) is 4.39. The second-order valence-corrected chi connectivity index (χ2v) is 6.34. The maximum atomic E-state index is 14.0. The van der Waals surface area contributed by atoms with E-state index in [0.29, 0.717) is 19.0 Å². The molecule has 1 aromatic rings. The van der Waals surface area contributed by atoms with Crippen molar-refractivity contribution in [2.75, 3.05) is 20.2 Å². The molecule has 0 aromatic carbocycles. The van der Waals surface area contributed by atoms with E-state index in [1.807, 2.05) is 0 Å². The van der Waals surface area contributed by atoms with E-state index in [1.165, 1.54) is 19.4 Å². The molecular formula is C16H22FN3O3. The van der Waals surface area contributed by atoms with Crippen LogP contribution < -0.4 is 10.1 Å². The summed E-state index contributed by atoms with van der Waals surface area (Å²) in [5, 5.41) is 13.3. The predicted octanol–water partition coefficient (Wildman–Crippen LogP) is 1.68. The number of amides is 2. The molecule has 2 N–H and O–H groups in total. The van der Waals surface area contributed by atoms with Crippen molar-refractivity contribution in [2.45, 2.75) is 37.8 Å². The summed E-state index contributed by atoms with van der Waals surface area (Å²) in [4.78, 5) is 17.8. The van der Waals surface area contributed by atoms with Crippen LogP contribution in [0.3, 0.4) is 0 Å². The monoisotopic (exact) mass is 323 g/mol. The molecule has 0 bridgehead atoms. The van der Waals surface area contributed by atoms with Crippen molar-refractivity contribution in [1.29, 1.82) is 0 Å². The number of hydrogen-bond donors (Lipinski definition) is 2. The normalized spacial score (nSPS) is 24.4. The van der Waals surface area contributed by atoms with Crippen LogP contribution in [0, 0.1) is 11.7 Å². The van der Waals surface area contributed by atoms with E-state index in [-0.39, 0.29) is 24.0 Å². The first-order valence-electron chi connectivity index (χ1n) is 7.96. The van der Waals surface area contributed by atoms with Crippen LogP contribution in [0.4, 0.5) is 9.18 Å². The van der Waals surface area contributed by atoms with Gasteiger partial charge in [-0.25, -0.2) is 9.18 Å². The zero-order valence-corrected chi connectivity index (χ0v) is 13.2. The second kappa shape index (κ2) is 6.31. The quantitative estimate of drug-likeness (QED) is 0.884. The van der Waals surface area contributed by atoms with Crippen molar-refractivity contribution < 1.29 is 19.0 Å². The van der Waals surface area contributed by atoms with Gasteiger partial charge >= 0.3 is 6.03 Å². The molecule has 1 atom stereocenters. The molecule has 0 radical (unpaired) electrons. The first kappa shape index (κ1) is 16.0. The lowest BCUT2D eigenvalue weighted by molar-refractivity contribution is -0.0362. The van der Waals surface area contributed by atoms with E-state index in [1.54, 1.807) is 4.90 Å². The van der Waals surface area contributed by atoms with Gasteiger partial charge in [-0.15, -0.1) is 0 Å². The first-order valence-corrected chi connectivity index (χ1v) is 7.96. The Morgan fingerprint density at radius 1 is 1.61 bits per heavy atom. The van der Waals surface area contributed by atoms with Gasteiger partial charge in [-0.05, 0) is 31.6 Å². The molecule has 1 aliphatic heterocycles. The molecular weight excluding hydrogens is 301 g/mol. The van der Waals surface area contributed by atoms with Crippen LogP contribution in [0.5, 0.6) is 5.75 Å². The number of aliphatic hydroxyl groups is 1. The maximum absolute atomic E-state index is 14.0. The number of halogens is 1. The van der Waals surface area contributed by atoms with E-state index >= 15 is 0 Å². The number of hydrogen-bond acceptors (Lipinski definition) is 4. The summed E-state index contributed by atoms with van der Waals surface area (Å²) in [6, 6.07) is 1.13. The minimum absolute atomic E-state index is 0.0137. The highest BCUT2D eigenvalue weighted by Gasteiger charge is 2.46. The molecule has 1 unspecified atom stereocenters. The molecule has 126 valence electrons. The molecule has 0 spiro atoms. The summed E-state index contributed by atoms with van der Waals surface area (Å²) < 4.78 is 18.9. The molecule has 2 heterocycles. The van der Waals surface area contributed by atoms with E-state index < -0.39 is 11.4 Å². The number of carbonyl (C=O) groups is 1. The number of aromatic nitrogens is 1. The Hall–Kier alpha value is -1.89. The number of ether oxygens (including phenoxy) is 1. The number of carbonyl (C=O) groups excluding carboxylic acids is 1. The van der Waals surface area contributed by atoms with Crippen LogP contribution in [0.15, 0.2) is 12.3 Å². The van der Waals surface area contributed by atoms with Gasteiger partial charge in [0.15, 0.2) is 11.6 Å². The van der Waals surface area contributed by atoms with Gasteiger partial charge in [0.1, 0.15) is 0 Å². The van der Waals surface area contributed by atoms with Crippen molar-refractivity contribution in [1.82, 2.24) is 15.2 Å². The Balaban J connectivity index is 1.59. The van der Waals surface area contributed by atoms with Crippen molar-refractivity contribution in [3.8, 4) is 5.75 Å². The topological polar surface area (TPSA) is 74.7 Å². The fourth-order valence-corrected chi connectivity index (χ4v) is 3.21. The van der Waals surface area contributed by atoms with Gasteiger partial charge in [0.25, 0.3) is 0 Å². The van der Waals surface area contributed by atoms with Crippen molar-refractivity contribution >= 4 is 6.03 Å². The number of methoxy groups -OCH3 is 1. The van der Waals surface area contributed by atoms with Crippen LogP contribution >= 0.6 is 0 Å². The number of nitrogens with zero attached hydrogens (tertiary/aromatic N) is 2. The highest BCUT2D eigenvalue weighted by Crippen LogP contribution is 2.44. The van der Waals surface area contributed by atoms with Gasteiger partial charge in [0.2, 0.25) is 0 Å². The van der Waals surface area contributed by atoms with Crippen LogP contribution in [0.1, 0.15) is 31.4 Å². The van der Waals surface area contributed by atoms with E-state index in [2.05, 4.69) is 10.3 Å². The zero-order valence-electron chi connectivity index (χ0n) is 13.2. The molecule has 1 aromatic heterocycles. The first-order chi connectivity index (χ1) is 11.0. The molecule has 1 aliphatic carbocycles. The van der Waals surface area contributed by atoms with Gasteiger partial charge in [-0.2, -0.15) is 0 Å². The Labute approximate surface area is 134 Å². The number of urea groups is 1. The average Bonchev–Trinajstić information content (AvgIpc) is 3.39. The highest BCUT2D eigenvalue weighted by atomic mass is 19.1. The van der Waals surface area contributed by atoms with Crippen LogP contribution in [0.2, 0.25) is 0 Å². The van der Waals surface area contributed by atoms with Crippen molar-refractivity contribution in [2.24, 2.45) is 5.92 Å². The molecule has 1 saturated heterocycles. The average molecular weight is 323 g/mol. The smallest absolute Gasteiger partial charge is 0.317 e. The summed E-state index contributed by atoms with van der Waals surface area (Å²) in [6.07, 6.45) is 5.03. The lowest BCUT2D eigenvalue weighted by Gasteiger charge is -2.39. The van der Waals surface area contributed by atoms with Crippen LogP contribution in [-0.4, -0.2) is 46.8 Å². The Bertz CT molecular complexity index is 594. The molecule has 7 heteroatoms. The summed E-state index contributed by atoms with van der Waals surface area (Å²) >= 11 is 0. The maximum Gasteiger partial charge on any atom is 0.317 e. The number of likely N-dealkylation sites (tertiary alicyclic amines) is 1. The summed E-state index contributed by atoms with van der Waals surface area (Å²) in [6.45, 7) is 0.937. The number of nitrogens with one attached hydrogen (secondary N) is 1. The second-order valence-electron chi connectivity index (χ2n) is 6.34. The lowest BCUT2D eigenvalue weighted by atomic mass is 9.88. The van der Waals surface area contributed by atoms with Gasteiger partial charge in [-0.1, -0.05) is 0 Å². The highest BCUT2D eigenvalue weighted by molar-refractivity contribution is 5.74. The Morgan fingerprint density at radius 3 is 3.09 bits per heavy atom. The van der Waals surface area contributed by atoms with Crippen molar-refractivity contribution in [3.05, 3.63) is 23.8 Å². The van der Waals surface area contributed by atoms with Crippen LogP contribution in [-0.2, 0) is 6.54 Å². The van der Waals surface area contributed by atoms with E-state index in [4.69, 9.17) is 4.74 Å². The Morgan fingerprint density at radius 2 is 2.39 bits per heavy atom. The third-order valence-corrected chi connectivity index (χ3v) is 4.68. The molecule has 3 rings (SSSR count). The van der Waals surface area contributed by atoms with Gasteiger partial charge in [-0.3, -0.25) is 4.98 Å². The summed E-state index contributed by atoms with van der Waals surface area (Å²) in [7, 11) is 1.38. The molecule has 6 nitrogen and oxygen atoms in total. The third kappa shape index (κ3) is 3.39. The largest absolute Gasteiger partial charge is 0.494 e. The van der Waals surface area contributed by atoms with Crippen LogP contribution in [0.25, 0.3) is 0 Å². The summed E-state index contributed by atoms with van der Waals surface area (Å²) in [5.74, 6) is -0.149. The third-order valence-electron chi connectivity index (χ3n) is 4.68. The standard InChI is InChI=1S/C16H22FN3O3/c1-23-13-5-7-18-12(14(13)17)9-19-15(21)20-8-2-6-16(22,10-20)11-3-4-11/h5,7,11,22H,2-4,6,8-10H2,1H3,(H,19,21). The van der Waals surface area contributed by atoms with Gasteiger partial charge in [0, 0.05) is 18.8 Å². The molecule has 1 saturated carbocycles.